The Morgan fingerprint density at radius 2 is 2.17 bits per heavy atom. The lowest BCUT2D eigenvalue weighted by molar-refractivity contribution is 0.0593. The predicted octanol–water partition coefficient (Wildman–Crippen LogP) is 2.34. The molecule has 1 amide bonds. The molecule has 23 heavy (non-hydrogen) atoms. The number of amides is 1. The molecule has 1 atom stereocenters. The number of aryl methyl sites for hydroxylation is 2. The highest BCUT2D eigenvalue weighted by Crippen LogP contribution is 2.30. The summed E-state index contributed by atoms with van der Waals surface area (Å²) in [6, 6.07) is 1.84. The number of hydrogen-bond acceptors (Lipinski definition) is 4. The molecule has 1 aliphatic heterocycles. The molecule has 0 bridgehead atoms. The summed E-state index contributed by atoms with van der Waals surface area (Å²) in [6.07, 6.45) is 2.99. The van der Waals surface area contributed by atoms with E-state index in [1.807, 2.05) is 24.9 Å². The van der Waals surface area contributed by atoms with Gasteiger partial charge in [-0.3, -0.25) is 14.6 Å². The normalized spacial score (nSPS) is 18.7. The van der Waals surface area contributed by atoms with Crippen LogP contribution in [0, 0.1) is 6.92 Å². The lowest BCUT2D eigenvalue weighted by Crippen LogP contribution is -2.39. The second kappa shape index (κ2) is 6.14. The van der Waals surface area contributed by atoms with Crippen LogP contribution in [0.4, 0.5) is 0 Å². The minimum absolute atomic E-state index is 0.0281. The molecule has 124 valence electrons. The summed E-state index contributed by atoms with van der Waals surface area (Å²) in [5.74, 6) is 1.79. The summed E-state index contributed by atoms with van der Waals surface area (Å²) in [7, 11) is 1.89. The molecule has 1 N–H and O–H groups in total. The molecule has 3 heterocycles. The Kier molecular flexibility index (Phi) is 4.19. The number of carbonyl (C=O) groups is 1. The molecular weight excluding hydrogens is 292 g/mol. The highest BCUT2D eigenvalue weighted by Gasteiger charge is 2.32. The quantitative estimate of drug-likeness (QED) is 0.942. The standard InChI is InChI=1S/C16H24N6O/c1-10(2)14-9-12(20-21(14)4)16(23)22-8-6-5-7-13(22)15-17-11(3)18-19-15/h9-10,13H,5-8H2,1-4H3,(H,17,18,19). The lowest BCUT2D eigenvalue weighted by Gasteiger charge is -2.33. The highest BCUT2D eigenvalue weighted by atomic mass is 16.2. The van der Waals surface area contributed by atoms with Gasteiger partial charge in [-0.05, 0) is 38.2 Å². The molecule has 0 saturated carbocycles. The number of rotatable bonds is 3. The Hall–Kier alpha value is -2.18. The molecule has 0 aromatic carbocycles. The van der Waals surface area contributed by atoms with Crippen LogP contribution in [0.2, 0.25) is 0 Å². The fourth-order valence-corrected chi connectivity index (χ4v) is 3.23. The molecule has 2 aromatic heterocycles. The third-order valence-corrected chi connectivity index (χ3v) is 4.40. The van der Waals surface area contributed by atoms with E-state index in [0.29, 0.717) is 17.4 Å². The van der Waals surface area contributed by atoms with Crippen molar-refractivity contribution in [2.45, 2.75) is 52.0 Å². The average molecular weight is 316 g/mol. The first-order valence-corrected chi connectivity index (χ1v) is 8.21. The van der Waals surface area contributed by atoms with Crippen molar-refractivity contribution >= 4 is 5.91 Å². The zero-order valence-electron chi connectivity index (χ0n) is 14.2. The van der Waals surface area contributed by atoms with Crippen molar-refractivity contribution in [2.24, 2.45) is 7.05 Å². The van der Waals surface area contributed by atoms with Gasteiger partial charge in [-0.1, -0.05) is 13.8 Å². The first kappa shape index (κ1) is 15.7. The van der Waals surface area contributed by atoms with E-state index < -0.39 is 0 Å². The largest absolute Gasteiger partial charge is 0.327 e. The molecule has 1 unspecified atom stereocenters. The molecule has 1 saturated heterocycles. The molecule has 1 fully saturated rings. The third kappa shape index (κ3) is 3.00. The van der Waals surface area contributed by atoms with Crippen LogP contribution >= 0.6 is 0 Å². The number of aromatic nitrogens is 5. The van der Waals surface area contributed by atoms with Gasteiger partial charge in [-0.2, -0.15) is 10.2 Å². The Balaban J connectivity index is 1.88. The van der Waals surface area contributed by atoms with Crippen LogP contribution in [0.1, 0.15) is 72.9 Å². The van der Waals surface area contributed by atoms with Crippen LogP contribution in [0.3, 0.4) is 0 Å². The monoisotopic (exact) mass is 316 g/mol. The highest BCUT2D eigenvalue weighted by molar-refractivity contribution is 5.92. The lowest BCUT2D eigenvalue weighted by atomic mass is 10.0. The van der Waals surface area contributed by atoms with E-state index in [4.69, 9.17) is 0 Å². The number of carbonyl (C=O) groups excluding carboxylic acids is 1. The van der Waals surface area contributed by atoms with Gasteiger partial charge in [0, 0.05) is 19.3 Å². The van der Waals surface area contributed by atoms with Gasteiger partial charge in [-0.25, -0.2) is 4.98 Å². The maximum absolute atomic E-state index is 13.0. The Labute approximate surface area is 136 Å². The predicted molar refractivity (Wildman–Crippen MR) is 86.0 cm³/mol. The number of nitrogens with one attached hydrogen (secondary N) is 1. The van der Waals surface area contributed by atoms with Crippen molar-refractivity contribution < 1.29 is 4.79 Å². The van der Waals surface area contributed by atoms with Crippen molar-refractivity contribution in [3.05, 3.63) is 29.1 Å². The SMILES string of the molecule is Cc1nc(C2CCCCN2C(=O)c2cc(C(C)C)n(C)n2)n[nH]1. The fraction of sp³-hybridized carbons (Fsp3) is 0.625. The molecule has 7 nitrogen and oxygen atoms in total. The van der Waals surface area contributed by atoms with E-state index in [9.17, 15) is 4.79 Å². The van der Waals surface area contributed by atoms with Crippen LogP contribution < -0.4 is 0 Å². The average Bonchev–Trinajstić information content (AvgIpc) is 3.12. The molecular formula is C16H24N6O. The van der Waals surface area contributed by atoms with Crippen LogP contribution in [0.25, 0.3) is 0 Å². The number of H-pyrrole nitrogens is 1. The Morgan fingerprint density at radius 1 is 1.39 bits per heavy atom. The Bertz CT molecular complexity index is 701. The maximum Gasteiger partial charge on any atom is 0.274 e. The summed E-state index contributed by atoms with van der Waals surface area (Å²) >= 11 is 0. The van der Waals surface area contributed by atoms with Crippen LogP contribution in [0.5, 0.6) is 0 Å². The molecule has 0 radical (unpaired) electrons. The summed E-state index contributed by atoms with van der Waals surface area (Å²) in [4.78, 5) is 19.3. The topological polar surface area (TPSA) is 79.7 Å². The van der Waals surface area contributed by atoms with E-state index >= 15 is 0 Å². The molecule has 7 heteroatoms. The summed E-state index contributed by atoms with van der Waals surface area (Å²) in [5.41, 5.74) is 1.58. The smallest absolute Gasteiger partial charge is 0.274 e. The summed E-state index contributed by atoms with van der Waals surface area (Å²) < 4.78 is 1.80. The molecule has 0 aliphatic carbocycles. The van der Waals surface area contributed by atoms with Crippen molar-refractivity contribution in [3.63, 3.8) is 0 Å². The van der Waals surface area contributed by atoms with E-state index in [1.54, 1.807) is 4.68 Å². The van der Waals surface area contributed by atoms with Crippen molar-refractivity contribution in [2.75, 3.05) is 6.54 Å². The first-order valence-electron chi connectivity index (χ1n) is 8.21. The molecule has 0 spiro atoms. The van der Waals surface area contributed by atoms with Gasteiger partial charge in [0.1, 0.15) is 5.82 Å². The van der Waals surface area contributed by atoms with Crippen LogP contribution in [0.15, 0.2) is 6.07 Å². The van der Waals surface area contributed by atoms with E-state index in [-0.39, 0.29) is 11.9 Å². The van der Waals surface area contributed by atoms with Gasteiger partial charge >= 0.3 is 0 Å². The zero-order valence-corrected chi connectivity index (χ0v) is 14.2. The molecule has 2 aromatic rings. The Morgan fingerprint density at radius 3 is 2.78 bits per heavy atom. The summed E-state index contributed by atoms with van der Waals surface area (Å²) in [5, 5.41) is 11.6. The first-order chi connectivity index (χ1) is 11.0. The minimum atomic E-state index is -0.0642. The molecule has 3 rings (SSSR count). The number of likely N-dealkylation sites (tertiary alicyclic amines) is 1. The van der Waals surface area contributed by atoms with Crippen molar-refractivity contribution in [1.29, 1.82) is 0 Å². The number of aromatic amines is 1. The number of hydrogen-bond donors (Lipinski definition) is 1. The summed E-state index contributed by atoms with van der Waals surface area (Å²) in [6.45, 7) is 6.81. The van der Waals surface area contributed by atoms with Gasteiger partial charge in [0.2, 0.25) is 0 Å². The van der Waals surface area contributed by atoms with Crippen molar-refractivity contribution in [3.8, 4) is 0 Å². The van der Waals surface area contributed by atoms with Gasteiger partial charge in [-0.15, -0.1) is 0 Å². The number of piperidine rings is 1. The van der Waals surface area contributed by atoms with Crippen molar-refractivity contribution in [1.82, 2.24) is 29.9 Å². The van der Waals surface area contributed by atoms with E-state index in [0.717, 1.165) is 37.3 Å². The second-order valence-electron chi connectivity index (χ2n) is 6.52. The minimum Gasteiger partial charge on any atom is -0.327 e. The number of nitrogens with zero attached hydrogens (tertiary/aromatic N) is 5. The third-order valence-electron chi connectivity index (χ3n) is 4.40. The van der Waals surface area contributed by atoms with Gasteiger partial charge in [0.15, 0.2) is 11.5 Å². The zero-order chi connectivity index (χ0) is 16.6. The molecule has 1 aliphatic rings. The van der Waals surface area contributed by atoms with Gasteiger partial charge < -0.3 is 4.90 Å². The van der Waals surface area contributed by atoms with Gasteiger partial charge in [0.05, 0.1) is 6.04 Å². The van der Waals surface area contributed by atoms with E-state index in [1.165, 1.54) is 0 Å². The maximum atomic E-state index is 13.0. The van der Waals surface area contributed by atoms with Crippen LogP contribution in [-0.4, -0.2) is 42.3 Å². The van der Waals surface area contributed by atoms with Crippen LogP contribution in [-0.2, 0) is 7.05 Å². The van der Waals surface area contributed by atoms with Gasteiger partial charge in [0.25, 0.3) is 5.91 Å². The van der Waals surface area contributed by atoms with E-state index in [2.05, 4.69) is 34.1 Å². The second-order valence-corrected chi connectivity index (χ2v) is 6.52. The fourth-order valence-electron chi connectivity index (χ4n) is 3.23.